The van der Waals surface area contributed by atoms with Crippen LogP contribution in [0.3, 0.4) is 0 Å². The molecule has 5 heteroatoms. The summed E-state index contributed by atoms with van der Waals surface area (Å²) in [6.45, 7) is 0.427. The van der Waals surface area contributed by atoms with E-state index in [9.17, 15) is 4.79 Å². The van der Waals surface area contributed by atoms with Crippen LogP contribution in [0.25, 0.3) is 0 Å². The Morgan fingerprint density at radius 1 is 1.08 bits per heavy atom. The fourth-order valence-corrected chi connectivity index (χ4v) is 6.27. The fourth-order valence-electron chi connectivity index (χ4n) is 5.74. The van der Waals surface area contributed by atoms with Crippen LogP contribution in [0.5, 0.6) is 0 Å². The number of carbonyl (C=O) groups is 1. The molecule has 4 saturated carbocycles. The second kappa shape index (κ2) is 6.19. The lowest BCUT2D eigenvalue weighted by molar-refractivity contribution is -0.123. The average molecular weight is 367 g/mol. The van der Waals surface area contributed by atoms with Crippen molar-refractivity contribution in [2.75, 3.05) is 18.9 Å². The first-order valence-corrected chi connectivity index (χ1v) is 9.65. The molecule has 0 aliphatic heterocycles. The summed E-state index contributed by atoms with van der Waals surface area (Å²) in [4.78, 5) is 14.8. The molecule has 4 bridgehead atoms. The Morgan fingerprint density at radius 2 is 1.58 bits per heavy atom. The van der Waals surface area contributed by atoms with Gasteiger partial charge in [-0.2, -0.15) is 0 Å². The van der Waals surface area contributed by atoms with E-state index in [1.54, 1.807) is 18.2 Å². The van der Waals surface area contributed by atoms with Crippen LogP contribution in [0, 0.1) is 17.8 Å². The van der Waals surface area contributed by atoms with E-state index >= 15 is 0 Å². The highest BCUT2D eigenvalue weighted by Gasteiger charge is 2.52. The standard InChI is InChI=1S/C19H24Cl2N2O/c1-23(11-18(24)22-17-6-15(20)5-16(21)7-17)19-8-12-2-13(9-19)4-14(3-12)10-19/h5-7,12-14H,2-4,8-11H2,1H3,(H,22,24). The summed E-state index contributed by atoms with van der Waals surface area (Å²) >= 11 is 12.0. The first-order valence-electron chi connectivity index (χ1n) is 8.89. The van der Waals surface area contributed by atoms with Crippen molar-refractivity contribution < 1.29 is 4.79 Å². The van der Waals surface area contributed by atoms with Gasteiger partial charge in [-0.25, -0.2) is 0 Å². The molecule has 0 heterocycles. The predicted molar refractivity (Wildman–Crippen MR) is 98.6 cm³/mol. The minimum atomic E-state index is 0.00609. The highest BCUT2D eigenvalue weighted by atomic mass is 35.5. The van der Waals surface area contributed by atoms with Gasteiger partial charge < -0.3 is 5.32 Å². The zero-order valence-electron chi connectivity index (χ0n) is 14.0. The smallest absolute Gasteiger partial charge is 0.238 e. The summed E-state index contributed by atoms with van der Waals surface area (Å²) in [5.41, 5.74) is 0.911. The average Bonchev–Trinajstić information content (AvgIpc) is 2.44. The number of benzene rings is 1. The number of nitrogens with zero attached hydrogens (tertiary/aromatic N) is 1. The quantitative estimate of drug-likeness (QED) is 0.827. The maximum atomic E-state index is 12.5. The molecule has 4 aliphatic rings. The number of amides is 1. The lowest BCUT2D eigenvalue weighted by atomic mass is 9.52. The first kappa shape index (κ1) is 16.7. The molecule has 1 N–H and O–H groups in total. The molecule has 0 unspecified atom stereocenters. The number of likely N-dealkylation sites (N-methyl/N-ethyl adjacent to an activating group) is 1. The summed E-state index contributed by atoms with van der Waals surface area (Å²) in [7, 11) is 2.12. The molecule has 24 heavy (non-hydrogen) atoms. The van der Waals surface area contributed by atoms with Gasteiger partial charge in [-0.3, -0.25) is 9.69 Å². The van der Waals surface area contributed by atoms with Gasteiger partial charge in [-0.05, 0) is 81.5 Å². The fraction of sp³-hybridized carbons (Fsp3) is 0.632. The van der Waals surface area contributed by atoms with Crippen LogP contribution in [-0.4, -0.2) is 29.9 Å². The SMILES string of the molecule is CN(CC(=O)Nc1cc(Cl)cc(Cl)c1)C12CC3CC(CC(C3)C1)C2. The molecule has 130 valence electrons. The molecule has 0 atom stereocenters. The second-order valence-electron chi connectivity index (χ2n) is 8.20. The van der Waals surface area contributed by atoms with Crippen LogP contribution < -0.4 is 5.32 Å². The Hall–Kier alpha value is -0.770. The summed E-state index contributed by atoms with van der Waals surface area (Å²) in [6, 6.07) is 5.13. The third-order valence-electron chi connectivity index (χ3n) is 6.34. The number of halogens is 2. The summed E-state index contributed by atoms with van der Waals surface area (Å²) in [6.07, 6.45) is 8.06. The third kappa shape index (κ3) is 3.18. The van der Waals surface area contributed by atoms with E-state index in [1.807, 2.05) is 0 Å². The lowest BCUT2D eigenvalue weighted by Crippen LogP contribution is -2.59. The Balaban J connectivity index is 1.42. The molecule has 4 aliphatic carbocycles. The molecular weight excluding hydrogens is 343 g/mol. The van der Waals surface area contributed by atoms with Crippen molar-refractivity contribution in [3.8, 4) is 0 Å². The number of hydrogen-bond donors (Lipinski definition) is 1. The van der Waals surface area contributed by atoms with Gasteiger partial charge in [0.2, 0.25) is 5.91 Å². The number of rotatable bonds is 4. The van der Waals surface area contributed by atoms with Crippen molar-refractivity contribution in [2.45, 2.75) is 44.1 Å². The summed E-state index contributed by atoms with van der Waals surface area (Å²) < 4.78 is 0. The Bertz CT molecular complexity index is 605. The van der Waals surface area contributed by atoms with Gasteiger partial charge in [0.1, 0.15) is 0 Å². The van der Waals surface area contributed by atoms with Crippen molar-refractivity contribution in [1.82, 2.24) is 4.90 Å². The molecule has 1 amide bonds. The number of hydrogen-bond acceptors (Lipinski definition) is 2. The zero-order chi connectivity index (χ0) is 16.9. The van der Waals surface area contributed by atoms with E-state index in [2.05, 4.69) is 17.3 Å². The minimum Gasteiger partial charge on any atom is -0.325 e. The van der Waals surface area contributed by atoms with Crippen LogP contribution in [0.15, 0.2) is 18.2 Å². The number of anilines is 1. The van der Waals surface area contributed by atoms with Gasteiger partial charge in [0, 0.05) is 21.3 Å². The molecule has 3 nitrogen and oxygen atoms in total. The van der Waals surface area contributed by atoms with Gasteiger partial charge in [-0.15, -0.1) is 0 Å². The Labute approximate surface area is 153 Å². The van der Waals surface area contributed by atoms with Crippen LogP contribution in [0.2, 0.25) is 10.0 Å². The summed E-state index contributed by atoms with van der Waals surface area (Å²) in [5, 5.41) is 4.01. The van der Waals surface area contributed by atoms with E-state index in [1.165, 1.54) is 38.5 Å². The second-order valence-corrected chi connectivity index (χ2v) is 9.08. The normalized spacial score (nSPS) is 33.9. The van der Waals surface area contributed by atoms with Crippen LogP contribution in [0.1, 0.15) is 38.5 Å². The lowest BCUT2D eigenvalue weighted by Gasteiger charge is -2.59. The van der Waals surface area contributed by atoms with Gasteiger partial charge >= 0.3 is 0 Å². The largest absolute Gasteiger partial charge is 0.325 e. The molecule has 1 aromatic rings. The highest BCUT2D eigenvalue weighted by Crippen LogP contribution is 2.57. The molecule has 5 rings (SSSR count). The Kier molecular flexibility index (Phi) is 4.30. The monoisotopic (exact) mass is 366 g/mol. The van der Waals surface area contributed by atoms with E-state index in [0.29, 0.717) is 22.3 Å². The maximum absolute atomic E-state index is 12.5. The van der Waals surface area contributed by atoms with Crippen LogP contribution >= 0.6 is 23.2 Å². The van der Waals surface area contributed by atoms with Gasteiger partial charge in [0.05, 0.1) is 6.54 Å². The molecule has 0 radical (unpaired) electrons. The maximum Gasteiger partial charge on any atom is 0.238 e. The van der Waals surface area contributed by atoms with Crippen molar-refractivity contribution in [3.05, 3.63) is 28.2 Å². The van der Waals surface area contributed by atoms with E-state index in [0.717, 1.165) is 17.8 Å². The molecule has 4 fully saturated rings. The summed E-state index contributed by atoms with van der Waals surface area (Å²) in [5.74, 6) is 2.65. The van der Waals surface area contributed by atoms with E-state index < -0.39 is 0 Å². The first-order chi connectivity index (χ1) is 11.4. The third-order valence-corrected chi connectivity index (χ3v) is 6.78. The topological polar surface area (TPSA) is 32.3 Å². The molecule has 1 aromatic carbocycles. The van der Waals surface area contributed by atoms with Crippen molar-refractivity contribution in [1.29, 1.82) is 0 Å². The minimum absolute atomic E-state index is 0.00609. The predicted octanol–water partition coefficient (Wildman–Crippen LogP) is 4.83. The van der Waals surface area contributed by atoms with Gasteiger partial charge in [-0.1, -0.05) is 23.2 Å². The Morgan fingerprint density at radius 3 is 2.08 bits per heavy atom. The molecule has 0 saturated heterocycles. The molecule has 0 aromatic heterocycles. The highest BCUT2D eigenvalue weighted by molar-refractivity contribution is 6.35. The van der Waals surface area contributed by atoms with Crippen molar-refractivity contribution in [2.24, 2.45) is 17.8 Å². The van der Waals surface area contributed by atoms with Crippen molar-refractivity contribution in [3.63, 3.8) is 0 Å². The van der Waals surface area contributed by atoms with Crippen molar-refractivity contribution >= 4 is 34.8 Å². The van der Waals surface area contributed by atoms with E-state index in [4.69, 9.17) is 23.2 Å². The molecular formula is C19H24Cl2N2O. The van der Waals surface area contributed by atoms with Gasteiger partial charge in [0.25, 0.3) is 0 Å². The van der Waals surface area contributed by atoms with Crippen LogP contribution in [0.4, 0.5) is 5.69 Å². The van der Waals surface area contributed by atoms with E-state index in [-0.39, 0.29) is 11.4 Å². The van der Waals surface area contributed by atoms with Gasteiger partial charge in [0.15, 0.2) is 0 Å². The number of nitrogens with one attached hydrogen (secondary N) is 1. The zero-order valence-corrected chi connectivity index (χ0v) is 15.5. The molecule has 0 spiro atoms. The number of carbonyl (C=O) groups excluding carboxylic acids is 1. The van der Waals surface area contributed by atoms with Crippen LogP contribution in [-0.2, 0) is 4.79 Å².